The number of hydrogen-bond donors (Lipinski definition) is 1. The summed E-state index contributed by atoms with van der Waals surface area (Å²) >= 11 is 0. The number of hydrogen-bond acceptors (Lipinski definition) is 5. The molecule has 0 spiro atoms. The Morgan fingerprint density at radius 3 is 2.17 bits per heavy atom. The van der Waals surface area contributed by atoms with Crippen LogP contribution in [0.1, 0.15) is 49.7 Å². The summed E-state index contributed by atoms with van der Waals surface area (Å²) in [5.41, 5.74) is 1.14. The molecule has 0 saturated heterocycles. The van der Waals surface area contributed by atoms with Crippen LogP contribution in [0.2, 0.25) is 0 Å². The molecule has 2 aromatic carbocycles. The van der Waals surface area contributed by atoms with Crippen LogP contribution in [0.5, 0.6) is 0 Å². The van der Waals surface area contributed by atoms with E-state index in [0.717, 1.165) is 5.56 Å². The number of anilines is 1. The Morgan fingerprint density at radius 1 is 1.00 bits per heavy atom. The first-order chi connectivity index (χ1) is 14.1. The minimum atomic E-state index is -0.618. The Hall–Kier alpha value is -3.35. The second-order valence-corrected chi connectivity index (χ2v) is 7.87. The SMILES string of the molecule is C[C@@H](c1ccccc1)N(C)C(=O)COC(=O)c1ccc(NC(=O)OC(C)(C)C)cc1. The number of likely N-dealkylation sites (N-methyl/N-ethyl adjacent to an activating group) is 1. The van der Waals surface area contributed by atoms with E-state index in [1.807, 2.05) is 37.3 Å². The highest BCUT2D eigenvalue weighted by Gasteiger charge is 2.19. The number of benzene rings is 2. The van der Waals surface area contributed by atoms with Crippen molar-refractivity contribution >= 4 is 23.7 Å². The maximum atomic E-state index is 12.4. The molecule has 30 heavy (non-hydrogen) atoms. The highest BCUT2D eigenvalue weighted by molar-refractivity contribution is 5.92. The quantitative estimate of drug-likeness (QED) is 0.711. The van der Waals surface area contributed by atoms with Crippen molar-refractivity contribution in [3.05, 3.63) is 65.7 Å². The number of ether oxygens (including phenoxy) is 2. The Labute approximate surface area is 177 Å². The van der Waals surface area contributed by atoms with Crippen molar-refractivity contribution < 1.29 is 23.9 Å². The van der Waals surface area contributed by atoms with Crippen molar-refractivity contribution in [3.8, 4) is 0 Å². The van der Waals surface area contributed by atoms with Crippen molar-refractivity contribution in [1.29, 1.82) is 0 Å². The molecule has 1 atom stereocenters. The van der Waals surface area contributed by atoms with Crippen LogP contribution in [0.4, 0.5) is 10.5 Å². The Balaban J connectivity index is 1.87. The fourth-order valence-electron chi connectivity index (χ4n) is 2.59. The minimum Gasteiger partial charge on any atom is -0.452 e. The van der Waals surface area contributed by atoms with Crippen LogP contribution in [-0.2, 0) is 14.3 Å². The average Bonchev–Trinajstić information content (AvgIpc) is 2.70. The van der Waals surface area contributed by atoms with Gasteiger partial charge in [0.05, 0.1) is 11.6 Å². The molecule has 0 saturated carbocycles. The molecule has 7 heteroatoms. The first kappa shape index (κ1) is 22.9. The zero-order valence-corrected chi connectivity index (χ0v) is 18.0. The molecule has 7 nitrogen and oxygen atoms in total. The third-order valence-electron chi connectivity index (χ3n) is 4.35. The molecule has 160 valence electrons. The van der Waals surface area contributed by atoms with Gasteiger partial charge in [-0.05, 0) is 57.5 Å². The first-order valence-corrected chi connectivity index (χ1v) is 9.64. The van der Waals surface area contributed by atoms with Crippen LogP contribution in [0.15, 0.2) is 54.6 Å². The van der Waals surface area contributed by atoms with Gasteiger partial charge in [-0.1, -0.05) is 30.3 Å². The molecular weight excluding hydrogens is 384 g/mol. The molecule has 0 aliphatic carbocycles. The monoisotopic (exact) mass is 412 g/mol. The summed E-state index contributed by atoms with van der Waals surface area (Å²) in [6.45, 7) is 6.86. The molecule has 1 N–H and O–H groups in total. The third kappa shape index (κ3) is 6.92. The third-order valence-corrected chi connectivity index (χ3v) is 4.35. The van der Waals surface area contributed by atoms with Gasteiger partial charge in [0.2, 0.25) is 0 Å². The molecule has 0 aliphatic heterocycles. The van der Waals surface area contributed by atoms with Gasteiger partial charge in [-0.3, -0.25) is 10.1 Å². The summed E-state index contributed by atoms with van der Waals surface area (Å²) in [5, 5.41) is 2.58. The van der Waals surface area contributed by atoms with Gasteiger partial charge in [-0.2, -0.15) is 0 Å². The van der Waals surface area contributed by atoms with Gasteiger partial charge in [0.25, 0.3) is 5.91 Å². The predicted molar refractivity (Wildman–Crippen MR) is 114 cm³/mol. The second kappa shape index (κ2) is 9.91. The zero-order chi connectivity index (χ0) is 22.3. The van der Waals surface area contributed by atoms with Crippen LogP contribution in [0.3, 0.4) is 0 Å². The van der Waals surface area contributed by atoms with E-state index in [-0.39, 0.29) is 24.1 Å². The lowest BCUT2D eigenvalue weighted by atomic mass is 10.1. The molecule has 0 heterocycles. The highest BCUT2D eigenvalue weighted by atomic mass is 16.6. The summed E-state index contributed by atoms with van der Waals surface area (Å²) in [7, 11) is 1.67. The number of nitrogens with zero attached hydrogens (tertiary/aromatic N) is 1. The van der Waals surface area contributed by atoms with Gasteiger partial charge in [0, 0.05) is 12.7 Å². The van der Waals surface area contributed by atoms with E-state index in [9.17, 15) is 14.4 Å². The summed E-state index contributed by atoms with van der Waals surface area (Å²) in [6.07, 6.45) is -0.584. The molecule has 2 amide bonds. The fourth-order valence-corrected chi connectivity index (χ4v) is 2.59. The summed E-state index contributed by atoms with van der Waals surface area (Å²) < 4.78 is 10.3. The molecule has 0 aromatic heterocycles. The Morgan fingerprint density at radius 2 is 1.60 bits per heavy atom. The van der Waals surface area contributed by atoms with Gasteiger partial charge in [-0.25, -0.2) is 9.59 Å². The van der Waals surface area contributed by atoms with Crippen LogP contribution in [0, 0.1) is 0 Å². The normalized spacial score (nSPS) is 11.9. The fraction of sp³-hybridized carbons (Fsp3) is 0.348. The van der Waals surface area contributed by atoms with E-state index in [0.29, 0.717) is 5.69 Å². The summed E-state index contributed by atoms with van der Waals surface area (Å²) in [5.74, 6) is -0.921. The molecule has 0 fully saturated rings. The zero-order valence-electron chi connectivity index (χ0n) is 18.0. The molecule has 2 rings (SSSR count). The number of esters is 1. The van der Waals surface area contributed by atoms with E-state index in [2.05, 4.69) is 5.32 Å². The lowest BCUT2D eigenvalue weighted by Gasteiger charge is -2.25. The molecule has 0 radical (unpaired) electrons. The van der Waals surface area contributed by atoms with Gasteiger partial charge in [0.15, 0.2) is 6.61 Å². The van der Waals surface area contributed by atoms with Gasteiger partial charge < -0.3 is 14.4 Å². The molecule has 0 bridgehead atoms. The summed E-state index contributed by atoms with van der Waals surface area (Å²) in [6, 6.07) is 15.6. The largest absolute Gasteiger partial charge is 0.452 e. The van der Waals surface area contributed by atoms with E-state index in [4.69, 9.17) is 9.47 Å². The van der Waals surface area contributed by atoms with Crippen molar-refractivity contribution in [2.45, 2.75) is 39.3 Å². The van der Waals surface area contributed by atoms with Crippen molar-refractivity contribution in [2.75, 3.05) is 19.0 Å². The van der Waals surface area contributed by atoms with Crippen LogP contribution >= 0.6 is 0 Å². The van der Waals surface area contributed by atoms with Crippen LogP contribution in [0.25, 0.3) is 0 Å². The van der Waals surface area contributed by atoms with E-state index in [1.165, 1.54) is 17.0 Å². The van der Waals surface area contributed by atoms with Crippen LogP contribution < -0.4 is 5.32 Å². The minimum absolute atomic E-state index is 0.143. The van der Waals surface area contributed by atoms with E-state index in [1.54, 1.807) is 40.0 Å². The maximum Gasteiger partial charge on any atom is 0.412 e. The van der Waals surface area contributed by atoms with E-state index >= 15 is 0 Å². The number of carbonyl (C=O) groups excluding carboxylic acids is 3. The number of nitrogens with one attached hydrogen (secondary N) is 1. The molecule has 0 unspecified atom stereocenters. The molecular formula is C23H28N2O5. The van der Waals surface area contributed by atoms with Crippen molar-refractivity contribution in [2.24, 2.45) is 0 Å². The second-order valence-electron chi connectivity index (χ2n) is 7.87. The van der Waals surface area contributed by atoms with Crippen molar-refractivity contribution in [1.82, 2.24) is 4.90 Å². The lowest BCUT2D eigenvalue weighted by molar-refractivity contribution is -0.135. The topological polar surface area (TPSA) is 84.9 Å². The van der Waals surface area contributed by atoms with Gasteiger partial charge in [-0.15, -0.1) is 0 Å². The standard InChI is InChI=1S/C23H28N2O5/c1-16(17-9-7-6-8-10-17)25(5)20(26)15-29-21(27)18-11-13-19(14-12-18)24-22(28)30-23(2,3)4/h6-14,16H,15H2,1-5H3,(H,24,28)/t16-/m0/s1. The number of amides is 2. The average molecular weight is 412 g/mol. The van der Waals surface area contributed by atoms with Gasteiger partial charge >= 0.3 is 12.1 Å². The molecule has 0 aliphatic rings. The predicted octanol–water partition coefficient (Wildman–Crippen LogP) is 4.41. The highest BCUT2D eigenvalue weighted by Crippen LogP contribution is 2.18. The maximum absolute atomic E-state index is 12.4. The summed E-state index contributed by atoms with van der Waals surface area (Å²) in [4.78, 5) is 37.9. The number of carbonyl (C=O) groups is 3. The van der Waals surface area contributed by atoms with Gasteiger partial charge in [0.1, 0.15) is 5.60 Å². The Kier molecular flexibility index (Phi) is 7.58. The molecule has 2 aromatic rings. The number of rotatable bonds is 6. The van der Waals surface area contributed by atoms with Crippen LogP contribution in [-0.4, -0.2) is 42.1 Å². The van der Waals surface area contributed by atoms with E-state index < -0.39 is 17.7 Å². The van der Waals surface area contributed by atoms with Crippen molar-refractivity contribution in [3.63, 3.8) is 0 Å². The smallest absolute Gasteiger partial charge is 0.412 e. The lowest BCUT2D eigenvalue weighted by Crippen LogP contribution is -2.33. The Bertz CT molecular complexity index is 873. The first-order valence-electron chi connectivity index (χ1n) is 9.64.